The first-order valence-electron chi connectivity index (χ1n) is 6.23. The number of nitrogens with one attached hydrogen (secondary N) is 1. The predicted molar refractivity (Wildman–Crippen MR) is 65.3 cm³/mol. The molecule has 1 aromatic heterocycles. The van der Waals surface area contributed by atoms with Crippen molar-refractivity contribution in [1.82, 2.24) is 5.32 Å². The third-order valence-electron chi connectivity index (χ3n) is 3.70. The van der Waals surface area contributed by atoms with Gasteiger partial charge in [-0.05, 0) is 35.8 Å². The molecule has 1 aliphatic carbocycles. The van der Waals surface area contributed by atoms with Crippen LogP contribution in [0.3, 0.4) is 0 Å². The fourth-order valence-electron chi connectivity index (χ4n) is 2.61. The van der Waals surface area contributed by atoms with Gasteiger partial charge in [0, 0.05) is 17.5 Å². The van der Waals surface area contributed by atoms with E-state index in [2.05, 4.69) is 16.8 Å². The van der Waals surface area contributed by atoms with Crippen molar-refractivity contribution in [2.24, 2.45) is 5.92 Å². The lowest BCUT2D eigenvalue weighted by Crippen LogP contribution is -2.28. The van der Waals surface area contributed by atoms with E-state index in [-0.39, 0.29) is 0 Å². The van der Waals surface area contributed by atoms with E-state index in [0.29, 0.717) is 6.04 Å². The minimum atomic E-state index is 0.666. The molecule has 15 heavy (non-hydrogen) atoms. The highest BCUT2D eigenvalue weighted by Gasteiger charge is 2.23. The second-order valence-electron chi connectivity index (χ2n) is 4.93. The minimum Gasteiger partial charge on any atom is -0.310 e. The molecule has 0 aromatic carbocycles. The topological polar surface area (TPSA) is 12.0 Å². The quantitative estimate of drug-likeness (QED) is 0.820. The van der Waals surface area contributed by atoms with Gasteiger partial charge >= 0.3 is 0 Å². The molecule has 0 bridgehead atoms. The lowest BCUT2D eigenvalue weighted by Gasteiger charge is -2.24. The Morgan fingerprint density at radius 2 is 2.27 bits per heavy atom. The third kappa shape index (κ3) is 2.26. The smallest absolute Gasteiger partial charge is 0.0331 e. The van der Waals surface area contributed by atoms with Gasteiger partial charge in [-0.1, -0.05) is 25.7 Å². The molecule has 2 heterocycles. The van der Waals surface area contributed by atoms with E-state index in [1.165, 1.54) is 45.1 Å². The Bertz CT molecular complexity index is 327. The maximum Gasteiger partial charge on any atom is 0.0331 e. The van der Waals surface area contributed by atoms with Crippen molar-refractivity contribution in [2.75, 3.05) is 6.54 Å². The van der Waals surface area contributed by atoms with Crippen LogP contribution in [0, 0.1) is 5.92 Å². The van der Waals surface area contributed by atoms with Crippen LogP contribution < -0.4 is 5.32 Å². The Morgan fingerprint density at radius 3 is 3.13 bits per heavy atom. The highest BCUT2D eigenvalue weighted by atomic mass is 32.1. The molecule has 1 nitrogen and oxygen atoms in total. The van der Waals surface area contributed by atoms with Gasteiger partial charge in [-0.25, -0.2) is 0 Å². The molecule has 2 heteroatoms. The molecule has 2 aliphatic rings. The van der Waals surface area contributed by atoms with Gasteiger partial charge in [0.2, 0.25) is 0 Å². The maximum atomic E-state index is 3.66. The number of thiophene rings is 1. The van der Waals surface area contributed by atoms with Crippen molar-refractivity contribution >= 4 is 11.3 Å². The highest BCUT2D eigenvalue weighted by Crippen LogP contribution is 2.36. The monoisotopic (exact) mass is 221 g/mol. The summed E-state index contributed by atoms with van der Waals surface area (Å²) in [6, 6.07) is 2.99. The summed E-state index contributed by atoms with van der Waals surface area (Å²) in [6.07, 6.45) is 8.48. The van der Waals surface area contributed by atoms with E-state index in [4.69, 9.17) is 0 Å². The van der Waals surface area contributed by atoms with E-state index < -0.39 is 0 Å². The summed E-state index contributed by atoms with van der Waals surface area (Å²) in [5.41, 5.74) is 1.60. The summed E-state index contributed by atoms with van der Waals surface area (Å²) in [5, 5.41) is 5.92. The van der Waals surface area contributed by atoms with E-state index >= 15 is 0 Å². The molecule has 1 N–H and O–H groups in total. The first-order chi connectivity index (χ1) is 7.43. The van der Waals surface area contributed by atoms with Crippen molar-refractivity contribution in [3.63, 3.8) is 0 Å². The van der Waals surface area contributed by atoms with Gasteiger partial charge in [-0.3, -0.25) is 0 Å². The van der Waals surface area contributed by atoms with Crippen LogP contribution in [0.2, 0.25) is 0 Å². The third-order valence-corrected chi connectivity index (χ3v) is 4.70. The van der Waals surface area contributed by atoms with Crippen LogP contribution in [-0.4, -0.2) is 6.54 Å². The molecular formula is C13H19NS. The molecule has 1 fully saturated rings. The summed E-state index contributed by atoms with van der Waals surface area (Å²) < 4.78 is 0. The molecule has 1 saturated carbocycles. The Morgan fingerprint density at radius 1 is 1.33 bits per heavy atom. The SMILES string of the molecule is c1cc2c(s1)CCNC2CCCC1CC1. The second kappa shape index (κ2) is 4.26. The number of hydrogen-bond acceptors (Lipinski definition) is 2. The summed E-state index contributed by atoms with van der Waals surface area (Å²) in [6.45, 7) is 1.18. The average molecular weight is 221 g/mol. The molecule has 3 rings (SSSR count). The standard InChI is InChI=1S/C13H19NS/c1(2-10-4-5-10)3-12-11-7-9-15-13(11)6-8-14-12/h7,9-10,12,14H,1-6,8H2. The summed E-state index contributed by atoms with van der Waals surface area (Å²) in [4.78, 5) is 1.63. The Labute approximate surface area is 95.9 Å². The molecule has 0 radical (unpaired) electrons. The van der Waals surface area contributed by atoms with E-state index in [0.717, 1.165) is 5.92 Å². The lowest BCUT2D eigenvalue weighted by atomic mass is 9.97. The average Bonchev–Trinajstić information content (AvgIpc) is 2.95. The van der Waals surface area contributed by atoms with Gasteiger partial charge in [0.05, 0.1) is 0 Å². The molecule has 1 aliphatic heterocycles. The molecule has 0 saturated heterocycles. The molecular weight excluding hydrogens is 202 g/mol. The fraction of sp³-hybridized carbons (Fsp3) is 0.692. The lowest BCUT2D eigenvalue weighted by molar-refractivity contribution is 0.452. The largest absolute Gasteiger partial charge is 0.310 e. The molecule has 0 amide bonds. The van der Waals surface area contributed by atoms with Crippen molar-refractivity contribution in [1.29, 1.82) is 0 Å². The summed E-state index contributed by atoms with van der Waals surface area (Å²) in [7, 11) is 0. The van der Waals surface area contributed by atoms with E-state index in [1.54, 1.807) is 10.4 Å². The van der Waals surface area contributed by atoms with E-state index in [9.17, 15) is 0 Å². The van der Waals surface area contributed by atoms with Crippen LogP contribution >= 0.6 is 11.3 Å². The van der Waals surface area contributed by atoms with Crippen LogP contribution in [0.25, 0.3) is 0 Å². The number of rotatable bonds is 4. The summed E-state index contributed by atoms with van der Waals surface area (Å²) in [5.74, 6) is 1.09. The maximum absolute atomic E-state index is 3.66. The van der Waals surface area contributed by atoms with Crippen LogP contribution in [0.1, 0.15) is 48.6 Å². The summed E-state index contributed by atoms with van der Waals surface area (Å²) >= 11 is 1.94. The zero-order valence-corrected chi connectivity index (χ0v) is 9.98. The van der Waals surface area contributed by atoms with Gasteiger partial charge in [-0.2, -0.15) is 0 Å². The minimum absolute atomic E-state index is 0.666. The first-order valence-corrected chi connectivity index (χ1v) is 7.11. The van der Waals surface area contributed by atoms with Crippen molar-refractivity contribution in [3.8, 4) is 0 Å². The Hall–Kier alpha value is -0.340. The van der Waals surface area contributed by atoms with Crippen LogP contribution in [0.4, 0.5) is 0 Å². The van der Waals surface area contributed by atoms with E-state index in [1.807, 2.05) is 11.3 Å². The first kappa shape index (κ1) is 9.86. The molecule has 82 valence electrons. The van der Waals surface area contributed by atoms with Gasteiger partial charge in [0.15, 0.2) is 0 Å². The zero-order valence-electron chi connectivity index (χ0n) is 9.17. The van der Waals surface area contributed by atoms with Gasteiger partial charge < -0.3 is 5.32 Å². The molecule has 0 spiro atoms. The van der Waals surface area contributed by atoms with Gasteiger partial charge in [0.1, 0.15) is 0 Å². The highest BCUT2D eigenvalue weighted by molar-refractivity contribution is 7.10. The zero-order chi connectivity index (χ0) is 10.1. The van der Waals surface area contributed by atoms with Crippen molar-refractivity contribution in [2.45, 2.75) is 44.6 Å². The Kier molecular flexibility index (Phi) is 2.80. The Balaban J connectivity index is 1.57. The van der Waals surface area contributed by atoms with Gasteiger partial charge in [-0.15, -0.1) is 11.3 Å². The normalized spacial score (nSPS) is 25.2. The molecule has 1 atom stereocenters. The van der Waals surface area contributed by atoms with Crippen molar-refractivity contribution < 1.29 is 0 Å². The van der Waals surface area contributed by atoms with Gasteiger partial charge in [0.25, 0.3) is 0 Å². The number of hydrogen-bond donors (Lipinski definition) is 1. The van der Waals surface area contributed by atoms with Crippen LogP contribution in [-0.2, 0) is 6.42 Å². The van der Waals surface area contributed by atoms with Crippen LogP contribution in [0.5, 0.6) is 0 Å². The van der Waals surface area contributed by atoms with Crippen LogP contribution in [0.15, 0.2) is 11.4 Å². The molecule has 1 unspecified atom stereocenters. The second-order valence-corrected chi connectivity index (χ2v) is 5.93. The van der Waals surface area contributed by atoms with Crippen molar-refractivity contribution in [3.05, 3.63) is 21.9 Å². The number of fused-ring (bicyclic) bond motifs is 1. The fourth-order valence-corrected chi connectivity index (χ4v) is 3.55. The molecule has 1 aromatic rings. The predicted octanol–water partition coefficient (Wildman–Crippen LogP) is 3.52.